The number of carbonyl (C=O) groups is 1. The zero-order valence-corrected chi connectivity index (χ0v) is 12.8. The quantitative estimate of drug-likeness (QED) is 0.885. The maximum atomic E-state index is 11.2. The number of aliphatic carboxylic acids is 1. The average Bonchev–Trinajstić information content (AvgIpc) is 3.18. The Morgan fingerprint density at radius 2 is 2.05 bits per heavy atom. The van der Waals surface area contributed by atoms with E-state index in [1.807, 2.05) is 12.1 Å². The summed E-state index contributed by atoms with van der Waals surface area (Å²) in [5.74, 6) is 0.711. The minimum atomic E-state index is -0.731. The van der Waals surface area contributed by atoms with Gasteiger partial charge in [-0.2, -0.15) is 0 Å². The highest BCUT2D eigenvalue weighted by Gasteiger charge is 2.36. The summed E-state index contributed by atoms with van der Waals surface area (Å²) in [5.41, 5.74) is 2.19. The lowest BCUT2D eigenvalue weighted by molar-refractivity contribution is -0.137. The summed E-state index contributed by atoms with van der Waals surface area (Å²) in [6.07, 6.45) is 2.44. The Hall–Kier alpha value is -1.51. The largest absolute Gasteiger partial charge is 0.496 e. The van der Waals surface area contributed by atoms with E-state index in [0.717, 1.165) is 29.7 Å². The number of carboxylic acid groups (broad SMARTS) is 1. The molecule has 3 nitrogen and oxygen atoms in total. The minimum Gasteiger partial charge on any atom is -0.496 e. The van der Waals surface area contributed by atoms with Crippen molar-refractivity contribution in [2.75, 3.05) is 7.11 Å². The van der Waals surface area contributed by atoms with E-state index in [-0.39, 0.29) is 17.8 Å². The third-order valence-electron chi connectivity index (χ3n) is 4.04. The van der Waals surface area contributed by atoms with Crippen molar-refractivity contribution in [2.24, 2.45) is 5.92 Å². The van der Waals surface area contributed by atoms with Gasteiger partial charge in [-0.05, 0) is 35.3 Å². The predicted molar refractivity (Wildman–Crippen MR) is 79.4 cm³/mol. The number of para-hydroxylation sites is 1. The van der Waals surface area contributed by atoms with E-state index in [4.69, 9.17) is 4.74 Å². The summed E-state index contributed by atoms with van der Waals surface area (Å²) in [7, 11) is 1.68. The predicted octanol–water partition coefficient (Wildman–Crippen LogP) is 3.96. The number of hydrogen-bond acceptors (Lipinski definition) is 2. The van der Waals surface area contributed by atoms with Gasteiger partial charge in [-0.15, -0.1) is 0 Å². The van der Waals surface area contributed by atoms with E-state index in [1.54, 1.807) is 7.11 Å². The molecule has 1 unspecified atom stereocenters. The fourth-order valence-corrected chi connectivity index (χ4v) is 2.88. The lowest BCUT2D eigenvalue weighted by atomic mass is 9.81. The highest BCUT2D eigenvalue weighted by molar-refractivity contribution is 5.68. The molecular weight excluding hydrogens is 252 g/mol. The molecule has 2 rings (SSSR count). The summed E-state index contributed by atoms with van der Waals surface area (Å²) in [6.45, 7) is 6.45. The van der Waals surface area contributed by atoms with Crippen LogP contribution in [0.2, 0.25) is 0 Å². The molecule has 1 aromatic carbocycles. The Morgan fingerprint density at radius 3 is 2.50 bits per heavy atom. The number of ether oxygens (including phenoxy) is 1. The van der Waals surface area contributed by atoms with Crippen molar-refractivity contribution in [1.82, 2.24) is 0 Å². The van der Waals surface area contributed by atoms with Crippen molar-refractivity contribution in [1.29, 1.82) is 0 Å². The maximum absolute atomic E-state index is 11.2. The molecule has 1 aromatic rings. The molecule has 1 saturated carbocycles. The van der Waals surface area contributed by atoms with Gasteiger partial charge in [-0.25, -0.2) is 0 Å². The maximum Gasteiger partial charge on any atom is 0.303 e. The van der Waals surface area contributed by atoms with Gasteiger partial charge < -0.3 is 9.84 Å². The Balaban J connectivity index is 2.46. The Labute approximate surface area is 121 Å². The summed E-state index contributed by atoms with van der Waals surface area (Å²) >= 11 is 0. The van der Waals surface area contributed by atoms with Crippen LogP contribution in [0.4, 0.5) is 0 Å². The standard InChI is InChI=1S/C17H24O3/c1-17(2,3)14-7-5-6-12(16(14)20-4)13(10-15(18)19)11-8-9-11/h5-7,11,13H,8-10H2,1-4H3,(H,18,19). The molecule has 3 heteroatoms. The molecule has 1 aliphatic rings. The first-order chi connectivity index (χ1) is 9.34. The summed E-state index contributed by atoms with van der Waals surface area (Å²) in [5, 5.41) is 9.17. The van der Waals surface area contributed by atoms with Gasteiger partial charge in [0.15, 0.2) is 0 Å². The van der Waals surface area contributed by atoms with Gasteiger partial charge in [0.1, 0.15) is 5.75 Å². The second-order valence-corrected chi connectivity index (χ2v) is 6.72. The van der Waals surface area contributed by atoms with Crippen molar-refractivity contribution in [2.45, 2.75) is 51.4 Å². The third kappa shape index (κ3) is 3.14. The van der Waals surface area contributed by atoms with Crippen LogP contribution in [0.25, 0.3) is 0 Å². The summed E-state index contributed by atoms with van der Waals surface area (Å²) in [4.78, 5) is 11.2. The fraction of sp³-hybridized carbons (Fsp3) is 0.588. The van der Waals surface area contributed by atoms with Crippen molar-refractivity contribution in [3.8, 4) is 5.75 Å². The van der Waals surface area contributed by atoms with Crippen molar-refractivity contribution >= 4 is 5.97 Å². The molecule has 1 N–H and O–H groups in total. The molecule has 0 aliphatic heterocycles. The number of carboxylic acids is 1. The molecule has 0 spiro atoms. The van der Waals surface area contributed by atoms with Gasteiger partial charge in [0, 0.05) is 5.92 Å². The van der Waals surface area contributed by atoms with Crippen LogP contribution >= 0.6 is 0 Å². The number of rotatable bonds is 5. The number of methoxy groups -OCH3 is 1. The van der Waals surface area contributed by atoms with Gasteiger partial charge in [0.2, 0.25) is 0 Å². The zero-order valence-electron chi connectivity index (χ0n) is 12.8. The van der Waals surface area contributed by atoms with Crippen molar-refractivity contribution in [3.63, 3.8) is 0 Å². The molecule has 110 valence electrons. The lowest BCUT2D eigenvalue weighted by Crippen LogP contribution is -2.16. The topological polar surface area (TPSA) is 46.5 Å². The molecule has 0 heterocycles. The zero-order chi connectivity index (χ0) is 14.9. The van der Waals surface area contributed by atoms with Crippen LogP contribution in [0.3, 0.4) is 0 Å². The normalized spacial score (nSPS) is 16.8. The molecule has 0 bridgehead atoms. The SMILES string of the molecule is COc1c(C(CC(=O)O)C2CC2)cccc1C(C)(C)C. The molecule has 20 heavy (non-hydrogen) atoms. The molecule has 0 amide bonds. The van der Waals surface area contributed by atoms with Gasteiger partial charge in [0.25, 0.3) is 0 Å². The van der Waals surface area contributed by atoms with Crippen LogP contribution in [0.15, 0.2) is 18.2 Å². The Kier molecular flexibility index (Phi) is 4.07. The second kappa shape index (κ2) is 5.47. The van der Waals surface area contributed by atoms with E-state index < -0.39 is 5.97 Å². The van der Waals surface area contributed by atoms with E-state index in [1.165, 1.54) is 0 Å². The van der Waals surface area contributed by atoms with Gasteiger partial charge in [0.05, 0.1) is 13.5 Å². The lowest BCUT2D eigenvalue weighted by Gasteiger charge is -2.26. The highest BCUT2D eigenvalue weighted by atomic mass is 16.5. The molecule has 0 aromatic heterocycles. The summed E-state index contributed by atoms with van der Waals surface area (Å²) in [6, 6.07) is 6.13. The van der Waals surface area contributed by atoms with Crippen molar-refractivity contribution in [3.05, 3.63) is 29.3 Å². The monoisotopic (exact) mass is 276 g/mol. The van der Waals surface area contributed by atoms with Gasteiger partial charge in [-0.1, -0.05) is 39.0 Å². The summed E-state index contributed by atoms with van der Waals surface area (Å²) < 4.78 is 5.65. The Bertz CT molecular complexity index is 495. The Morgan fingerprint density at radius 1 is 1.40 bits per heavy atom. The van der Waals surface area contributed by atoms with E-state index in [9.17, 15) is 9.90 Å². The van der Waals surface area contributed by atoms with Crippen LogP contribution in [0.5, 0.6) is 5.75 Å². The van der Waals surface area contributed by atoms with E-state index in [2.05, 4.69) is 26.8 Å². The molecule has 1 fully saturated rings. The fourth-order valence-electron chi connectivity index (χ4n) is 2.88. The highest BCUT2D eigenvalue weighted by Crippen LogP contribution is 2.48. The van der Waals surface area contributed by atoms with Crippen LogP contribution in [-0.4, -0.2) is 18.2 Å². The van der Waals surface area contributed by atoms with E-state index in [0.29, 0.717) is 5.92 Å². The average molecular weight is 276 g/mol. The first-order valence-electron chi connectivity index (χ1n) is 7.23. The molecule has 1 aliphatic carbocycles. The number of hydrogen-bond donors (Lipinski definition) is 1. The van der Waals surface area contributed by atoms with E-state index >= 15 is 0 Å². The molecular formula is C17H24O3. The second-order valence-electron chi connectivity index (χ2n) is 6.72. The van der Waals surface area contributed by atoms with Crippen molar-refractivity contribution < 1.29 is 14.6 Å². The van der Waals surface area contributed by atoms with Crippen LogP contribution in [-0.2, 0) is 10.2 Å². The molecule has 0 saturated heterocycles. The molecule has 0 radical (unpaired) electrons. The molecule has 1 atom stereocenters. The van der Waals surface area contributed by atoms with Crippen LogP contribution < -0.4 is 4.74 Å². The van der Waals surface area contributed by atoms with Crippen LogP contribution in [0, 0.1) is 5.92 Å². The van der Waals surface area contributed by atoms with Gasteiger partial charge in [-0.3, -0.25) is 4.79 Å². The van der Waals surface area contributed by atoms with Crippen LogP contribution in [0.1, 0.15) is 57.1 Å². The minimum absolute atomic E-state index is 0.0152. The first kappa shape index (κ1) is 14.9. The number of benzene rings is 1. The third-order valence-corrected chi connectivity index (χ3v) is 4.04. The van der Waals surface area contributed by atoms with Gasteiger partial charge >= 0.3 is 5.97 Å². The first-order valence-corrected chi connectivity index (χ1v) is 7.23. The smallest absolute Gasteiger partial charge is 0.303 e.